The highest BCUT2D eigenvalue weighted by atomic mass is 16.3. The van der Waals surface area contributed by atoms with Gasteiger partial charge in [-0.2, -0.15) is 0 Å². The van der Waals surface area contributed by atoms with Gasteiger partial charge in [0.2, 0.25) is 0 Å². The van der Waals surface area contributed by atoms with E-state index in [1.54, 1.807) is 6.08 Å². The van der Waals surface area contributed by atoms with Gasteiger partial charge in [-0.1, -0.05) is 51.6 Å². The molecule has 4 aliphatic carbocycles. The van der Waals surface area contributed by atoms with E-state index in [0.29, 0.717) is 17.3 Å². The van der Waals surface area contributed by atoms with Crippen LogP contribution in [0.15, 0.2) is 30.3 Å². The minimum absolute atomic E-state index is 0. The summed E-state index contributed by atoms with van der Waals surface area (Å²) in [4.78, 5) is 0. The normalized spacial score (nSPS) is 40.7. The summed E-state index contributed by atoms with van der Waals surface area (Å²) < 4.78 is 0. The lowest BCUT2D eigenvalue weighted by Crippen LogP contribution is -2.55. The van der Waals surface area contributed by atoms with E-state index < -0.39 is 5.60 Å². The highest BCUT2D eigenvalue weighted by Gasteiger charge is 2.62. The molecule has 0 radical (unpaired) electrons. The van der Waals surface area contributed by atoms with Crippen molar-refractivity contribution >= 4 is 12.3 Å². The molecule has 3 nitrogen and oxygen atoms in total. The Morgan fingerprint density at radius 2 is 1.68 bits per heavy atom. The van der Waals surface area contributed by atoms with E-state index in [1.807, 2.05) is 6.08 Å². The van der Waals surface area contributed by atoms with Crippen molar-refractivity contribution in [3.63, 3.8) is 0 Å². The predicted octanol–water partition coefficient (Wildman–Crippen LogP) is 8.08. The second kappa shape index (κ2) is 11.0. The first-order chi connectivity index (χ1) is 17.2. The number of allylic oxidation sites excluding steroid dienone is 1. The Hall–Kier alpha value is -1.45. The van der Waals surface area contributed by atoms with E-state index in [2.05, 4.69) is 45.0 Å². The molecule has 0 heterocycles. The summed E-state index contributed by atoms with van der Waals surface area (Å²) in [6.07, 6.45) is 18.8. The molecule has 4 aliphatic rings. The van der Waals surface area contributed by atoms with Gasteiger partial charge >= 0.3 is 0 Å². The van der Waals surface area contributed by atoms with Gasteiger partial charge in [-0.25, -0.2) is 0 Å². The first-order valence-corrected chi connectivity index (χ1v) is 14.8. The molecule has 5 rings (SSSR count). The zero-order chi connectivity index (χ0) is 25.6. The summed E-state index contributed by atoms with van der Waals surface area (Å²) in [5.41, 5.74) is 2.55. The average Bonchev–Trinajstić information content (AvgIpc) is 3.22. The van der Waals surface area contributed by atoms with Crippen LogP contribution in [-0.4, -0.2) is 28.1 Å². The molecule has 206 valence electrons. The van der Waals surface area contributed by atoms with Crippen molar-refractivity contribution in [3.8, 4) is 0 Å². The molecule has 9 atom stereocenters. The zero-order valence-electron chi connectivity index (χ0n) is 22.9. The molecule has 1 aromatic rings. The molecule has 0 bridgehead atoms. The van der Waals surface area contributed by atoms with Crippen LogP contribution >= 0.6 is 0 Å². The Balaban J connectivity index is 0.00000320. The highest BCUT2D eigenvalue weighted by Crippen LogP contribution is 2.68. The van der Waals surface area contributed by atoms with Crippen LogP contribution in [0, 0.1) is 45.8 Å². The molecule has 0 aromatic heterocycles. The Morgan fingerprint density at radius 1 is 0.973 bits per heavy atom. The molecule has 1 aromatic carbocycles. The molecule has 0 aliphatic heterocycles. The molecule has 7 unspecified atom stereocenters. The number of hydrogen-bond acceptors (Lipinski definition) is 3. The average molecular weight is 508 g/mol. The van der Waals surface area contributed by atoms with Crippen molar-refractivity contribution in [2.45, 2.75) is 117 Å². The van der Waals surface area contributed by atoms with Crippen molar-refractivity contribution in [1.29, 1.82) is 5.41 Å². The monoisotopic (exact) mass is 507 g/mol. The molecule has 3 heteroatoms. The third-order valence-corrected chi connectivity index (χ3v) is 11.9. The molecular formula is C34H53NO2. The van der Waals surface area contributed by atoms with Crippen molar-refractivity contribution in [2.75, 3.05) is 0 Å². The van der Waals surface area contributed by atoms with Crippen molar-refractivity contribution < 1.29 is 10.2 Å². The standard InChI is InChI=1S/C33H49NO2.CH4/c1-31-19-16-26(35)22-25(31)12-13-27-28-14-15-30(32(28,2)20-17-29(27)31)33(3,36)18-4-6-23-8-10-24(11-9-23)7-5-21-34;/h5,7-11,21,25-30,34-36H,4,6,12-20,22H2,1-3H3;1H4/b7-5+,34-21?;/t25?,26?,27?,28?,29-,30?,31?,32?,33-;/m0./s1. The summed E-state index contributed by atoms with van der Waals surface area (Å²) in [6.45, 7) is 7.26. The van der Waals surface area contributed by atoms with Crippen molar-refractivity contribution in [1.82, 2.24) is 0 Å². The molecule has 0 amide bonds. The Labute approximate surface area is 226 Å². The summed E-state index contributed by atoms with van der Waals surface area (Å²) >= 11 is 0. The fourth-order valence-corrected chi connectivity index (χ4v) is 10.0. The van der Waals surface area contributed by atoms with Gasteiger partial charge in [0, 0.05) is 6.21 Å². The molecule has 37 heavy (non-hydrogen) atoms. The summed E-state index contributed by atoms with van der Waals surface area (Å²) in [5.74, 6) is 3.53. The van der Waals surface area contributed by atoms with E-state index in [1.165, 1.54) is 56.7 Å². The third-order valence-electron chi connectivity index (χ3n) is 11.9. The molecule has 0 spiro atoms. The van der Waals surface area contributed by atoms with Gasteiger partial charge in [0.15, 0.2) is 0 Å². The first-order valence-electron chi connectivity index (χ1n) is 14.8. The predicted molar refractivity (Wildman–Crippen MR) is 156 cm³/mol. The Morgan fingerprint density at radius 3 is 2.41 bits per heavy atom. The minimum atomic E-state index is -0.598. The van der Waals surface area contributed by atoms with Crippen LogP contribution in [0.3, 0.4) is 0 Å². The van der Waals surface area contributed by atoms with Crippen LogP contribution in [0.2, 0.25) is 0 Å². The van der Waals surface area contributed by atoms with Crippen molar-refractivity contribution in [2.24, 2.45) is 40.4 Å². The number of aliphatic hydroxyl groups excluding tert-OH is 1. The van der Waals surface area contributed by atoms with E-state index in [-0.39, 0.29) is 18.9 Å². The van der Waals surface area contributed by atoms with Crippen molar-refractivity contribution in [3.05, 3.63) is 41.5 Å². The number of nitrogens with one attached hydrogen (secondary N) is 1. The molecule has 3 N–H and O–H groups in total. The maximum atomic E-state index is 11.8. The van der Waals surface area contributed by atoms with Crippen LogP contribution < -0.4 is 0 Å². The van der Waals surface area contributed by atoms with Gasteiger partial charge in [-0.05, 0) is 142 Å². The second-order valence-electron chi connectivity index (χ2n) is 13.7. The fraction of sp³-hybridized carbons (Fsp3) is 0.735. The summed E-state index contributed by atoms with van der Waals surface area (Å²) in [7, 11) is 0. The van der Waals surface area contributed by atoms with Crippen LogP contribution in [0.4, 0.5) is 0 Å². The highest BCUT2D eigenvalue weighted by molar-refractivity contribution is 5.75. The lowest BCUT2D eigenvalue weighted by Gasteiger charge is -2.61. The fourth-order valence-electron chi connectivity index (χ4n) is 10.0. The van der Waals surface area contributed by atoms with E-state index in [4.69, 9.17) is 5.41 Å². The van der Waals surface area contributed by atoms with Gasteiger partial charge in [-0.15, -0.1) is 0 Å². The van der Waals surface area contributed by atoms with Gasteiger partial charge in [0.1, 0.15) is 0 Å². The van der Waals surface area contributed by atoms with Gasteiger partial charge < -0.3 is 15.6 Å². The lowest BCUT2D eigenvalue weighted by atomic mass is 9.44. The Kier molecular flexibility index (Phi) is 8.46. The van der Waals surface area contributed by atoms with E-state index in [9.17, 15) is 10.2 Å². The van der Waals surface area contributed by atoms with E-state index in [0.717, 1.165) is 55.4 Å². The molecule has 0 saturated heterocycles. The van der Waals surface area contributed by atoms with E-state index >= 15 is 0 Å². The van der Waals surface area contributed by atoms with Crippen LogP contribution in [-0.2, 0) is 6.42 Å². The Bertz CT molecular complexity index is 951. The SMILES string of the molecule is C.CC12CC[C@H]3C(CCC4CC(O)CCC43C)C1CCC2[C@@](C)(O)CCCc1ccc(/C=C/C=N)cc1. The summed E-state index contributed by atoms with van der Waals surface area (Å²) in [5, 5.41) is 29.3. The quantitative estimate of drug-likeness (QED) is 0.327. The first kappa shape index (κ1) is 28.6. The maximum absolute atomic E-state index is 11.8. The third kappa shape index (κ3) is 5.24. The van der Waals surface area contributed by atoms with Crippen LogP contribution in [0.25, 0.3) is 6.08 Å². The number of fused-ring (bicyclic) bond motifs is 5. The lowest BCUT2D eigenvalue weighted by molar-refractivity contribution is -0.144. The minimum Gasteiger partial charge on any atom is -0.393 e. The number of aryl methyl sites for hydroxylation is 1. The number of hydrogen-bond donors (Lipinski definition) is 3. The number of rotatable bonds is 7. The number of benzene rings is 1. The van der Waals surface area contributed by atoms with Gasteiger partial charge in [-0.3, -0.25) is 0 Å². The largest absolute Gasteiger partial charge is 0.393 e. The molecule has 4 fully saturated rings. The number of aliphatic hydroxyl groups is 2. The topological polar surface area (TPSA) is 64.3 Å². The smallest absolute Gasteiger partial charge is 0.0653 e. The molecular weight excluding hydrogens is 454 g/mol. The van der Waals surface area contributed by atoms with Crippen LogP contribution in [0.5, 0.6) is 0 Å². The van der Waals surface area contributed by atoms with Gasteiger partial charge in [0.05, 0.1) is 11.7 Å². The van der Waals surface area contributed by atoms with Gasteiger partial charge in [0.25, 0.3) is 0 Å². The second-order valence-corrected chi connectivity index (χ2v) is 13.7. The maximum Gasteiger partial charge on any atom is 0.0653 e. The zero-order valence-corrected chi connectivity index (χ0v) is 22.9. The summed E-state index contributed by atoms with van der Waals surface area (Å²) in [6, 6.07) is 8.62. The van der Waals surface area contributed by atoms with Crippen LogP contribution in [0.1, 0.15) is 110 Å². The molecule has 4 saturated carbocycles.